The fraction of sp³-hybridized carbons (Fsp3) is 0.526. The molecule has 6 nitrogen and oxygen atoms in total. The van der Waals surface area contributed by atoms with E-state index in [9.17, 15) is 0 Å². The molecule has 0 spiro atoms. The second-order valence-corrected chi connectivity index (χ2v) is 7.58. The Kier molecular flexibility index (Phi) is 6.57. The zero-order chi connectivity index (χ0) is 18.4. The molecule has 3 rings (SSSR count). The molecule has 140 valence electrons. The molecule has 1 aliphatic rings. The van der Waals surface area contributed by atoms with Gasteiger partial charge in [-0.3, -0.25) is 0 Å². The van der Waals surface area contributed by atoms with Gasteiger partial charge in [-0.25, -0.2) is 0 Å². The molecule has 2 heterocycles. The van der Waals surface area contributed by atoms with E-state index in [-0.39, 0.29) is 0 Å². The van der Waals surface area contributed by atoms with Gasteiger partial charge in [-0.1, -0.05) is 18.6 Å². The summed E-state index contributed by atoms with van der Waals surface area (Å²) < 4.78 is 2.27. The molecule has 1 aromatic carbocycles. The number of benzene rings is 1. The zero-order valence-corrected chi connectivity index (χ0v) is 16.5. The van der Waals surface area contributed by atoms with E-state index in [0.717, 1.165) is 55.4 Å². The highest BCUT2D eigenvalue weighted by Crippen LogP contribution is 2.24. The normalized spacial score (nSPS) is 14.0. The fourth-order valence-corrected chi connectivity index (χ4v) is 3.47. The van der Waals surface area contributed by atoms with E-state index in [4.69, 9.17) is 12.2 Å². The van der Waals surface area contributed by atoms with Crippen LogP contribution in [0.25, 0.3) is 11.4 Å². The first-order valence-corrected chi connectivity index (χ1v) is 9.91. The number of aromatic nitrogens is 3. The molecule has 0 atom stereocenters. The van der Waals surface area contributed by atoms with E-state index in [1.165, 1.54) is 24.2 Å². The molecule has 0 aliphatic carbocycles. The lowest BCUT2D eigenvalue weighted by Crippen LogP contribution is -3.05. The van der Waals surface area contributed by atoms with Gasteiger partial charge in [-0.05, 0) is 37.2 Å². The number of fused-ring (bicyclic) bond motifs is 1. The van der Waals surface area contributed by atoms with Gasteiger partial charge in [0.15, 0.2) is 10.9 Å². The number of quaternary nitrogens is 1. The molecule has 0 amide bonds. The van der Waals surface area contributed by atoms with Gasteiger partial charge >= 0.3 is 0 Å². The summed E-state index contributed by atoms with van der Waals surface area (Å²) in [5, 5.41) is 16.1. The van der Waals surface area contributed by atoms with Crippen molar-refractivity contribution < 1.29 is 4.90 Å². The molecule has 1 aromatic heterocycles. The summed E-state index contributed by atoms with van der Waals surface area (Å²) in [7, 11) is 4.32. The van der Waals surface area contributed by atoms with Crippen molar-refractivity contribution in [3.05, 3.63) is 30.1 Å². The summed E-state index contributed by atoms with van der Waals surface area (Å²) in [6, 6.07) is 8.25. The van der Waals surface area contributed by atoms with Crippen molar-refractivity contribution in [1.29, 1.82) is 0 Å². The quantitative estimate of drug-likeness (QED) is 0.529. The van der Waals surface area contributed by atoms with Crippen molar-refractivity contribution in [1.82, 2.24) is 20.1 Å². The predicted molar refractivity (Wildman–Crippen MR) is 110 cm³/mol. The molecule has 0 bridgehead atoms. The van der Waals surface area contributed by atoms with Gasteiger partial charge in [-0.2, -0.15) is 0 Å². The Balaban J connectivity index is 1.64. The summed E-state index contributed by atoms with van der Waals surface area (Å²) >= 11 is 5.41. The molecule has 0 radical (unpaired) electrons. The Bertz CT molecular complexity index is 739. The lowest BCUT2D eigenvalue weighted by Gasteiger charge is -2.13. The fourth-order valence-electron chi connectivity index (χ4n) is 3.25. The van der Waals surface area contributed by atoms with E-state index in [1.807, 2.05) is 12.1 Å². The van der Waals surface area contributed by atoms with Crippen molar-refractivity contribution in [3.63, 3.8) is 0 Å². The van der Waals surface area contributed by atoms with Crippen LogP contribution in [0.15, 0.2) is 24.3 Å². The highest BCUT2D eigenvalue weighted by atomic mass is 32.1. The Morgan fingerprint density at radius 1 is 1.23 bits per heavy atom. The van der Waals surface area contributed by atoms with Crippen LogP contribution in [0, 0.1) is 0 Å². The zero-order valence-electron chi connectivity index (χ0n) is 15.7. The number of anilines is 1. The van der Waals surface area contributed by atoms with Crippen LogP contribution in [0.2, 0.25) is 0 Å². The highest BCUT2D eigenvalue weighted by molar-refractivity contribution is 7.80. The number of aryl methyl sites for hydroxylation is 1. The molecule has 7 heteroatoms. The SMILES string of the molecule is C[NH+](C)CCCNC(=S)Nc1cccc(-c2nnc3n2CCCCC3)c1. The minimum absolute atomic E-state index is 0.663. The van der Waals surface area contributed by atoms with Crippen LogP contribution in [0.3, 0.4) is 0 Å². The van der Waals surface area contributed by atoms with Crippen LogP contribution in [0.4, 0.5) is 5.69 Å². The maximum Gasteiger partial charge on any atom is 0.170 e. The van der Waals surface area contributed by atoms with Crippen LogP contribution >= 0.6 is 12.2 Å². The molecule has 0 unspecified atom stereocenters. The smallest absolute Gasteiger partial charge is 0.170 e. The molecule has 3 N–H and O–H groups in total. The van der Waals surface area contributed by atoms with Gasteiger partial charge in [0.25, 0.3) is 0 Å². The van der Waals surface area contributed by atoms with Crippen molar-refractivity contribution in [2.75, 3.05) is 32.5 Å². The number of hydrogen-bond donors (Lipinski definition) is 3. The molecule has 2 aromatic rings. The minimum Gasteiger partial charge on any atom is -0.362 e. The number of rotatable bonds is 6. The molecule has 0 saturated heterocycles. The Labute approximate surface area is 161 Å². The lowest BCUT2D eigenvalue weighted by molar-refractivity contribution is -0.858. The van der Waals surface area contributed by atoms with Gasteiger partial charge in [0.1, 0.15) is 5.82 Å². The summed E-state index contributed by atoms with van der Waals surface area (Å²) in [6.07, 6.45) is 5.77. The van der Waals surface area contributed by atoms with Gasteiger partial charge < -0.3 is 20.1 Å². The van der Waals surface area contributed by atoms with Crippen LogP contribution < -0.4 is 15.5 Å². The van der Waals surface area contributed by atoms with E-state index >= 15 is 0 Å². The first-order valence-electron chi connectivity index (χ1n) is 9.50. The molecule has 0 saturated carbocycles. The first kappa shape index (κ1) is 18.8. The van der Waals surface area contributed by atoms with Gasteiger partial charge in [0.2, 0.25) is 0 Å². The summed E-state index contributed by atoms with van der Waals surface area (Å²) in [6.45, 7) is 3.01. The maximum absolute atomic E-state index is 5.41. The van der Waals surface area contributed by atoms with Crippen LogP contribution in [-0.2, 0) is 13.0 Å². The van der Waals surface area contributed by atoms with Crippen molar-refractivity contribution in [3.8, 4) is 11.4 Å². The number of hydrogen-bond acceptors (Lipinski definition) is 3. The molecular formula is C19H29N6S+. The Morgan fingerprint density at radius 2 is 2.12 bits per heavy atom. The average molecular weight is 374 g/mol. The Hall–Kier alpha value is -1.99. The second-order valence-electron chi connectivity index (χ2n) is 7.17. The lowest BCUT2D eigenvalue weighted by atomic mass is 10.2. The topological polar surface area (TPSA) is 59.2 Å². The van der Waals surface area contributed by atoms with Gasteiger partial charge in [0, 0.05) is 37.2 Å². The third-order valence-corrected chi connectivity index (χ3v) is 4.87. The molecule has 0 fully saturated rings. The molecular weight excluding hydrogens is 344 g/mol. The minimum atomic E-state index is 0.663. The maximum atomic E-state index is 5.41. The average Bonchev–Trinajstić information content (AvgIpc) is 2.87. The number of nitrogens with one attached hydrogen (secondary N) is 3. The van der Waals surface area contributed by atoms with E-state index in [2.05, 4.69) is 51.6 Å². The van der Waals surface area contributed by atoms with E-state index in [0.29, 0.717) is 5.11 Å². The predicted octanol–water partition coefficient (Wildman–Crippen LogP) is 1.49. The standard InChI is InChI=1S/C19H28N6S/c1-24(2)12-7-11-20-19(26)21-16-9-6-8-15(14-16)18-23-22-17-10-4-3-5-13-25(17)18/h6,8-9,14H,3-5,7,10-13H2,1-2H3,(H2,20,21,26)/p+1. The Morgan fingerprint density at radius 3 is 2.96 bits per heavy atom. The van der Waals surface area contributed by atoms with Crippen molar-refractivity contribution in [2.45, 2.75) is 38.6 Å². The van der Waals surface area contributed by atoms with Crippen molar-refractivity contribution >= 4 is 23.0 Å². The summed E-state index contributed by atoms with van der Waals surface area (Å²) in [4.78, 5) is 1.45. The van der Waals surface area contributed by atoms with Gasteiger partial charge in [-0.15, -0.1) is 10.2 Å². The van der Waals surface area contributed by atoms with E-state index < -0.39 is 0 Å². The third kappa shape index (κ3) is 5.02. The summed E-state index contributed by atoms with van der Waals surface area (Å²) in [5.74, 6) is 2.06. The molecule has 26 heavy (non-hydrogen) atoms. The third-order valence-electron chi connectivity index (χ3n) is 4.63. The van der Waals surface area contributed by atoms with E-state index in [1.54, 1.807) is 0 Å². The van der Waals surface area contributed by atoms with Crippen LogP contribution in [-0.4, -0.2) is 47.1 Å². The van der Waals surface area contributed by atoms with Crippen LogP contribution in [0.1, 0.15) is 31.5 Å². The number of thiocarbonyl (C=S) groups is 1. The second kappa shape index (κ2) is 9.09. The highest BCUT2D eigenvalue weighted by Gasteiger charge is 2.16. The summed E-state index contributed by atoms with van der Waals surface area (Å²) in [5.41, 5.74) is 2.05. The van der Waals surface area contributed by atoms with Gasteiger partial charge in [0.05, 0.1) is 20.6 Å². The van der Waals surface area contributed by atoms with Crippen LogP contribution in [0.5, 0.6) is 0 Å². The molecule has 1 aliphatic heterocycles. The first-order chi connectivity index (χ1) is 12.6. The van der Waals surface area contributed by atoms with Crippen molar-refractivity contribution in [2.24, 2.45) is 0 Å². The number of nitrogens with zero attached hydrogens (tertiary/aromatic N) is 3. The largest absolute Gasteiger partial charge is 0.362 e. The monoisotopic (exact) mass is 373 g/mol.